The van der Waals surface area contributed by atoms with Crippen LogP contribution in [0, 0.1) is 6.92 Å². The molecule has 0 aliphatic rings. The van der Waals surface area contributed by atoms with Crippen molar-refractivity contribution in [3.8, 4) is 44.7 Å². The van der Waals surface area contributed by atoms with Crippen LogP contribution in [0.25, 0.3) is 77.2 Å². The Morgan fingerprint density at radius 2 is 0.855 bits per heavy atom. The van der Waals surface area contributed by atoms with Crippen LogP contribution in [0.4, 0.5) is 17.1 Å². The highest BCUT2D eigenvalue weighted by Gasteiger charge is 2.17. The first kappa shape index (κ1) is 32.5. The second-order valence-corrected chi connectivity index (χ2v) is 14.2. The van der Waals surface area contributed by atoms with E-state index < -0.39 is 0 Å². The normalized spacial score (nSPS) is 11.4. The summed E-state index contributed by atoms with van der Waals surface area (Å²) in [7, 11) is 0. The molecule has 2 nitrogen and oxygen atoms in total. The average Bonchev–Trinajstić information content (AvgIpc) is 3.60. The van der Waals surface area contributed by atoms with Crippen LogP contribution in [0.2, 0.25) is 0 Å². The van der Waals surface area contributed by atoms with E-state index in [1.807, 2.05) is 12.1 Å². The predicted molar refractivity (Wildman–Crippen MR) is 232 cm³/mol. The third-order valence-electron chi connectivity index (χ3n) is 10.9. The van der Waals surface area contributed by atoms with Crippen LogP contribution in [0.5, 0.6) is 0 Å². The molecule has 0 atom stereocenters. The smallest absolute Gasteiger partial charge is 0.138 e. The maximum atomic E-state index is 6.29. The number of rotatable bonds is 7. The predicted octanol–water partition coefficient (Wildman–Crippen LogP) is 15.2. The summed E-state index contributed by atoms with van der Waals surface area (Å²) in [6.45, 7) is 2.14. The molecule has 10 rings (SSSR count). The van der Waals surface area contributed by atoms with Crippen LogP contribution >= 0.6 is 0 Å². The van der Waals surface area contributed by atoms with E-state index in [4.69, 9.17) is 4.42 Å². The fraction of sp³-hybridized carbons (Fsp3) is 0.0189. The third-order valence-corrected chi connectivity index (χ3v) is 10.9. The van der Waals surface area contributed by atoms with Gasteiger partial charge in [0, 0.05) is 33.3 Å². The van der Waals surface area contributed by atoms with E-state index in [-0.39, 0.29) is 0 Å². The zero-order valence-corrected chi connectivity index (χ0v) is 30.5. The molecule has 0 amide bonds. The Hall–Kier alpha value is -7.16. The van der Waals surface area contributed by atoms with E-state index in [9.17, 15) is 0 Å². The number of benzene rings is 9. The summed E-state index contributed by atoms with van der Waals surface area (Å²) >= 11 is 0. The van der Waals surface area contributed by atoms with Crippen molar-refractivity contribution in [2.45, 2.75) is 6.92 Å². The van der Waals surface area contributed by atoms with Crippen molar-refractivity contribution in [3.05, 3.63) is 212 Å². The quantitative estimate of drug-likeness (QED) is 0.164. The van der Waals surface area contributed by atoms with Gasteiger partial charge in [-0.05, 0) is 98.9 Å². The van der Waals surface area contributed by atoms with E-state index in [2.05, 4.69) is 206 Å². The summed E-state index contributed by atoms with van der Waals surface area (Å²) in [4.78, 5) is 2.37. The number of para-hydroxylation sites is 1. The number of nitrogens with zero attached hydrogens (tertiary/aromatic N) is 1. The number of furan rings is 1. The van der Waals surface area contributed by atoms with E-state index >= 15 is 0 Å². The lowest BCUT2D eigenvalue weighted by atomic mass is 9.97. The molecule has 0 radical (unpaired) electrons. The molecule has 9 aromatic carbocycles. The maximum Gasteiger partial charge on any atom is 0.138 e. The first-order valence-corrected chi connectivity index (χ1v) is 18.8. The molecule has 260 valence electrons. The van der Waals surface area contributed by atoms with Gasteiger partial charge in [-0.3, -0.25) is 0 Å². The molecule has 0 aliphatic carbocycles. The molecular weight excluding hydrogens is 667 g/mol. The lowest BCUT2D eigenvalue weighted by Crippen LogP contribution is -2.10. The molecule has 0 N–H and O–H groups in total. The largest absolute Gasteiger partial charge is 0.456 e. The lowest BCUT2D eigenvalue weighted by molar-refractivity contribution is 0.629. The molecule has 0 bridgehead atoms. The summed E-state index contributed by atoms with van der Waals surface area (Å²) in [6, 6.07) is 74.0. The Kier molecular flexibility index (Phi) is 8.08. The molecule has 0 spiro atoms. The van der Waals surface area contributed by atoms with Crippen LogP contribution in [-0.2, 0) is 0 Å². The van der Waals surface area contributed by atoms with Crippen molar-refractivity contribution in [3.63, 3.8) is 0 Å². The van der Waals surface area contributed by atoms with Crippen molar-refractivity contribution in [2.24, 2.45) is 0 Å². The van der Waals surface area contributed by atoms with Gasteiger partial charge in [-0.2, -0.15) is 0 Å². The molecular formula is C53H37NO. The van der Waals surface area contributed by atoms with Gasteiger partial charge in [0.25, 0.3) is 0 Å². The Bertz CT molecular complexity index is 2960. The summed E-state index contributed by atoms with van der Waals surface area (Å²) in [5.41, 5.74) is 13.7. The Morgan fingerprint density at radius 1 is 0.364 bits per heavy atom. The minimum absolute atomic E-state index is 0.922. The average molecular weight is 704 g/mol. The second-order valence-electron chi connectivity index (χ2n) is 14.2. The number of hydrogen-bond donors (Lipinski definition) is 0. The van der Waals surface area contributed by atoms with Gasteiger partial charge in [-0.25, -0.2) is 0 Å². The molecule has 0 aliphatic heterocycles. The minimum Gasteiger partial charge on any atom is -0.456 e. The van der Waals surface area contributed by atoms with E-state index in [1.165, 1.54) is 54.9 Å². The molecule has 0 saturated carbocycles. The Labute approximate surface area is 321 Å². The van der Waals surface area contributed by atoms with E-state index in [0.29, 0.717) is 0 Å². The second kappa shape index (κ2) is 13.7. The van der Waals surface area contributed by atoms with Crippen LogP contribution < -0.4 is 4.90 Å². The first-order valence-electron chi connectivity index (χ1n) is 18.8. The summed E-state index contributed by atoms with van der Waals surface area (Å²) < 4.78 is 6.29. The summed E-state index contributed by atoms with van der Waals surface area (Å²) in [5.74, 6) is 0.929. The monoisotopic (exact) mass is 703 g/mol. The van der Waals surface area contributed by atoms with Crippen molar-refractivity contribution in [1.82, 2.24) is 0 Å². The van der Waals surface area contributed by atoms with E-state index in [0.717, 1.165) is 44.9 Å². The zero-order chi connectivity index (χ0) is 36.7. The van der Waals surface area contributed by atoms with Crippen LogP contribution in [0.3, 0.4) is 0 Å². The third kappa shape index (κ3) is 5.95. The topological polar surface area (TPSA) is 16.4 Å². The Morgan fingerprint density at radius 3 is 1.55 bits per heavy atom. The van der Waals surface area contributed by atoms with Gasteiger partial charge in [0.15, 0.2) is 0 Å². The Balaban J connectivity index is 0.974. The highest BCUT2D eigenvalue weighted by atomic mass is 16.3. The molecule has 1 aromatic heterocycles. The zero-order valence-electron chi connectivity index (χ0n) is 30.5. The SMILES string of the molecule is Cc1c(-c2cccc(-c3ccc(-c4ccc(N(c5ccc(-c6cccc7ccccc67)cc5)c5cccc6ccccc56)cc4)cc3)c2)oc2ccccc12. The van der Waals surface area contributed by atoms with Crippen LogP contribution in [-0.4, -0.2) is 0 Å². The van der Waals surface area contributed by atoms with E-state index in [1.54, 1.807) is 0 Å². The molecule has 0 saturated heterocycles. The van der Waals surface area contributed by atoms with Gasteiger partial charge in [0.1, 0.15) is 11.3 Å². The molecule has 1 heterocycles. The fourth-order valence-corrected chi connectivity index (χ4v) is 8.05. The maximum absolute atomic E-state index is 6.29. The van der Waals surface area contributed by atoms with Crippen molar-refractivity contribution in [1.29, 1.82) is 0 Å². The van der Waals surface area contributed by atoms with Crippen LogP contribution in [0.1, 0.15) is 5.56 Å². The first-order chi connectivity index (χ1) is 27.2. The van der Waals surface area contributed by atoms with Gasteiger partial charge in [-0.15, -0.1) is 0 Å². The standard InChI is InChI=1S/C53H37NO/c1-36-47-17-6-7-22-52(47)55-53(36)44-16-8-15-43(35-44)39-25-23-37(24-26-39)38-27-31-45(32-28-38)54(51-21-10-14-41-12-3-5-19-50(41)51)46-33-29-42(30-34-46)49-20-9-13-40-11-2-4-18-48(40)49/h2-35H,1H3. The molecule has 0 fully saturated rings. The fourth-order valence-electron chi connectivity index (χ4n) is 8.05. The molecule has 0 unspecified atom stereocenters. The van der Waals surface area contributed by atoms with Gasteiger partial charge in [0.05, 0.1) is 5.69 Å². The van der Waals surface area contributed by atoms with Gasteiger partial charge in [0.2, 0.25) is 0 Å². The highest BCUT2D eigenvalue weighted by molar-refractivity contribution is 6.00. The molecule has 2 heteroatoms. The minimum atomic E-state index is 0.922. The van der Waals surface area contributed by atoms with Crippen molar-refractivity contribution in [2.75, 3.05) is 4.90 Å². The van der Waals surface area contributed by atoms with Gasteiger partial charge < -0.3 is 9.32 Å². The summed E-state index contributed by atoms with van der Waals surface area (Å²) in [5, 5.41) is 6.10. The highest BCUT2D eigenvalue weighted by Crippen LogP contribution is 2.41. The number of fused-ring (bicyclic) bond motifs is 3. The summed E-state index contributed by atoms with van der Waals surface area (Å²) in [6.07, 6.45) is 0. The lowest BCUT2D eigenvalue weighted by Gasteiger charge is -2.27. The number of hydrogen-bond acceptors (Lipinski definition) is 2. The number of aryl methyl sites for hydroxylation is 1. The van der Waals surface area contributed by atoms with Crippen molar-refractivity contribution < 1.29 is 4.42 Å². The number of anilines is 3. The van der Waals surface area contributed by atoms with Gasteiger partial charge in [-0.1, -0.05) is 164 Å². The van der Waals surface area contributed by atoms with Gasteiger partial charge >= 0.3 is 0 Å². The van der Waals surface area contributed by atoms with Crippen molar-refractivity contribution >= 4 is 49.6 Å². The molecule has 55 heavy (non-hydrogen) atoms. The van der Waals surface area contributed by atoms with Crippen LogP contribution in [0.15, 0.2) is 211 Å². The molecule has 10 aromatic rings.